The first kappa shape index (κ1) is 61.6. The molecule has 3 atom stereocenters. The van der Waals surface area contributed by atoms with Gasteiger partial charge in [-0.2, -0.15) is 8.78 Å². The average molecular weight is 1140 g/mol. The zero-order chi connectivity index (χ0) is 59.5. The van der Waals surface area contributed by atoms with E-state index in [1.54, 1.807) is 112 Å². The van der Waals surface area contributed by atoms with E-state index < -0.39 is 118 Å². The van der Waals surface area contributed by atoms with Gasteiger partial charge in [0.25, 0.3) is 5.69 Å². The summed E-state index contributed by atoms with van der Waals surface area (Å²) in [7, 11) is 1.01. The number of benzene rings is 6. The first-order valence-corrected chi connectivity index (χ1v) is 25.2. The third-order valence-electron chi connectivity index (χ3n) is 11.9. The summed E-state index contributed by atoms with van der Waals surface area (Å²) in [5.74, 6) is -17.9. The van der Waals surface area contributed by atoms with E-state index in [1.165, 1.54) is 30.3 Å². The molecule has 24 heteroatoms. The molecule has 0 aliphatic heterocycles. The van der Waals surface area contributed by atoms with Gasteiger partial charge in [0.05, 0.1) is 12.0 Å². The highest BCUT2D eigenvalue weighted by Gasteiger charge is 2.34. The number of rotatable bonds is 24. The van der Waals surface area contributed by atoms with Crippen molar-refractivity contribution in [2.75, 3.05) is 13.7 Å². The molecule has 432 valence electrons. The Morgan fingerprint density at radius 2 is 1.06 bits per heavy atom. The van der Waals surface area contributed by atoms with Gasteiger partial charge >= 0.3 is 30.2 Å². The normalized spacial score (nSPS) is 12.1. The largest absolute Gasteiger partial charge is 0.489 e. The quantitative estimate of drug-likeness (QED) is 0.00507. The molecular weight excluding hydrogens is 1090 g/mol. The van der Waals surface area contributed by atoms with E-state index in [0.717, 1.165) is 18.7 Å². The number of hydrogen-bond donors (Lipinski definition) is 4. The number of hydrogen-bond acceptors (Lipinski definition) is 14. The Labute approximate surface area is 466 Å². The maximum Gasteiger partial charge on any atom is 0.408 e. The zero-order valence-corrected chi connectivity index (χ0v) is 44.6. The molecular formula is C58H56F5N5O14. The molecule has 0 bridgehead atoms. The van der Waals surface area contributed by atoms with E-state index in [1.807, 2.05) is 0 Å². The molecule has 0 fully saturated rings. The van der Waals surface area contributed by atoms with Crippen LogP contribution >= 0.6 is 0 Å². The van der Waals surface area contributed by atoms with E-state index in [4.69, 9.17) is 28.4 Å². The Kier molecular flexibility index (Phi) is 21.8. The number of alkyl carbamates (subject to hydrolysis) is 3. The van der Waals surface area contributed by atoms with E-state index in [0.29, 0.717) is 11.1 Å². The number of ether oxygens (including phenoxy) is 6. The van der Waals surface area contributed by atoms with Gasteiger partial charge in [0.15, 0.2) is 0 Å². The number of nitro groups is 1. The second-order valence-electron chi connectivity index (χ2n) is 19.1. The second-order valence-corrected chi connectivity index (χ2v) is 19.1. The highest BCUT2D eigenvalue weighted by molar-refractivity contribution is 5.90. The fourth-order valence-corrected chi connectivity index (χ4v) is 7.88. The standard InChI is InChI=1S/C58H56F5N5O14/c1-58(2,3)82-57(74)66-41(21-14-26-64-55(72)79-32-35-17-10-6-11-18-35)52(69)65-42(53(70)77-4)29-39-27-37(22-24-44(39)68(75)76)38-23-25-45(78-31-34-15-8-5-9-16-34)40(28-38)30-43(67-56(73)80-33-36-19-12-7-13-20-36)54(71)81-51-49(62)47(60)46(59)48(61)50(51)63/h5-13,15-20,22-25,27-28,41-43H,14,21,26,29-33H2,1-4H3,(H,64,72)(H,65,69)(H,66,74)(H,67,73)/t41-,42-,43-/m0/s1. The van der Waals surface area contributed by atoms with Gasteiger partial charge in [0.2, 0.25) is 40.7 Å². The molecule has 0 aliphatic carbocycles. The van der Waals surface area contributed by atoms with Gasteiger partial charge in [-0.05, 0) is 91.3 Å². The van der Waals surface area contributed by atoms with Crippen molar-refractivity contribution in [1.29, 1.82) is 0 Å². The number of amides is 4. The van der Waals surface area contributed by atoms with Gasteiger partial charge in [-0.15, -0.1) is 0 Å². The number of methoxy groups -OCH3 is 1. The van der Waals surface area contributed by atoms with Crippen molar-refractivity contribution >= 4 is 41.8 Å². The summed E-state index contributed by atoms with van der Waals surface area (Å²) in [4.78, 5) is 92.0. The highest BCUT2D eigenvalue weighted by atomic mass is 19.2. The average Bonchev–Trinajstić information content (AvgIpc) is 3.61. The van der Waals surface area contributed by atoms with Crippen molar-refractivity contribution in [3.8, 4) is 22.6 Å². The van der Waals surface area contributed by atoms with E-state index >= 15 is 0 Å². The highest BCUT2D eigenvalue weighted by Crippen LogP contribution is 2.34. The van der Waals surface area contributed by atoms with Gasteiger partial charge in [-0.3, -0.25) is 14.9 Å². The number of carbonyl (C=O) groups excluding carboxylic acids is 6. The van der Waals surface area contributed by atoms with Gasteiger partial charge in [-0.1, -0.05) is 97.1 Å². The number of carbonyl (C=O) groups is 6. The van der Waals surface area contributed by atoms with Gasteiger partial charge in [0, 0.05) is 31.0 Å². The number of halogens is 5. The number of esters is 2. The Morgan fingerprint density at radius 1 is 0.573 bits per heavy atom. The van der Waals surface area contributed by atoms with E-state index in [-0.39, 0.29) is 67.2 Å². The monoisotopic (exact) mass is 1140 g/mol. The summed E-state index contributed by atoms with van der Waals surface area (Å²) < 4.78 is 104. The fourth-order valence-electron chi connectivity index (χ4n) is 7.88. The fraction of sp³-hybridized carbons (Fsp3) is 0.276. The molecule has 19 nitrogen and oxygen atoms in total. The Balaban J connectivity index is 1.31. The molecule has 4 amide bonds. The molecule has 0 aliphatic rings. The van der Waals surface area contributed by atoms with Crippen LogP contribution in [0.25, 0.3) is 11.1 Å². The van der Waals surface area contributed by atoms with Crippen LogP contribution in [0.1, 0.15) is 61.4 Å². The van der Waals surface area contributed by atoms with Crippen LogP contribution in [-0.4, -0.2) is 78.4 Å². The van der Waals surface area contributed by atoms with Crippen molar-refractivity contribution in [3.63, 3.8) is 0 Å². The molecule has 6 aromatic carbocycles. The second kappa shape index (κ2) is 29.0. The molecule has 0 heterocycles. The lowest BCUT2D eigenvalue weighted by Gasteiger charge is -2.25. The van der Waals surface area contributed by atoms with E-state index in [9.17, 15) is 60.8 Å². The molecule has 4 N–H and O–H groups in total. The van der Waals surface area contributed by atoms with Crippen LogP contribution in [0.5, 0.6) is 11.5 Å². The minimum Gasteiger partial charge on any atom is -0.489 e. The number of nitrogens with one attached hydrogen (secondary N) is 4. The van der Waals surface area contributed by atoms with Gasteiger partial charge in [0.1, 0.15) is 49.3 Å². The summed E-state index contributed by atoms with van der Waals surface area (Å²) in [6.45, 7) is 4.31. The predicted octanol–water partition coefficient (Wildman–Crippen LogP) is 9.78. The van der Waals surface area contributed by atoms with Crippen LogP contribution in [0.3, 0.4) is 0 Å². The predicted molar refractivity (Wildman–Crippen MR) is 283 cm³/mol. The van der Waals surface area contributed by atoms with Crippen LogP contribution in [-0.2, 0) is 66.0 Å². The lowest BCUT2D eigenvalue weighted by atomic mass is 9.95. The minimum atomic E-state index is -2.52. The summed E-state index contributed by atoms with van der Waals surface area (Å²) >= 11 is 0. The Morgan fingerprint density at radius 3 is 1.61 bits per heavy atom. The molecule has 6 aromatic rings. The molecule has 6 rings (SSSR count). The molecule has 0 spiro atoms. The van der Waals surface area contributed by atoms with Crippen molar-refractivity contribution in [1.82, 2.24) is 21.3 Å². The third-order valence-corrected chi connectivity index (χ3v) is 11.9. The lowest BCUT2D eigenvalue weighted by Crippen LogP contribution is -2.53. The summed E-state index contributed by atoms with van der Waals surface area (Å²) in [5.41, 5.74) is 0.741. The first-order chi connectivity index (χ1) is 39.1. The van der Waals surface area contributed by atoms with Gasteiger partial charge in [-0.25, -0.2) is 37.1 Å². The number of nitro benzene ring substituents is 1. The molecule has 0 aromatic heterocycles. The molecule has 0 saturated heterocycles. The maximum atomic E-state index is 14.9. The lowest BCUT2D eigenvalue weighted by molar-refractivity contribution is -0.385. The SMILES string of the molecule is COC(=O)[C@H](Cc1cc(-c2ccc(OCc3ccccc3)c(C[C@H](NC(=O)OCc3ccccc3)C(=O)Oc3c(F)c(F)c(F)c(F)c3F)c2)ccc1[N+](=O)[O-])NC(=O)[C@H](CCCNC(=O)OCc1ccccc1)NC(=O)OC(C)(C)C. The first-order valence-electron chi connectivity index (χ1n) is 25.2. The minimum absolute atomic E-state index is 0.0119. The van der Waals surface area contributed by atoms with Crippen LogP contribution in [0.4, 0.5) is 42.0 Å². The van der Waals surface area contributed by atoms with E-state index in [2.05, 4.69) is 21.3 Å². The molecule has 0 radical (unpaired) electrons. The van der Waals surface area contributed by atoms with Gasteiger partial charge < -0.3 is 49.7 Å². The molecule has 82 heavy (non-hydrogen) atoms. The van der Waals surface area contributed by atoms with Crippen molar-refractivity contribution < 1.29 is 84.1 Å². The third kappa shape index (κ3) is 18.0. The molecule has 0 unspecified atom stereocenters. The Bertz CT molecular complexity index is 3220. The van der Waals surface area contributed by atoms with Crippen molar-refractivity contribution in [2.24, 2.45) is 0 Å². The van der Waals surface area contributed by atoms with Crippen LogP contribution in [0, 0.1) is 39.2 Å². The zero-order valence-electron chi connectivity index (χ0n) is 44.6. The van der Waals surface area contributed by atoms with Crippen molar-refractivity contribution in [2.45, 2.75) is 90.0 Å². The van der Waals surface area contributed by atoms with Crippen LogP contribution < -0.4 is 30.7 Å². The number of nitrogens with zero attached hydrogens (tertiary/aromatic N) is 1. The van der Waals surface area contributed by atoms with Crippen molar-refractivity contribution in [3.05, 3.63) is 194 Å². The smallest absolute Gasteiger partial charge is 0.408 e. The van der Waals surface area contributed by atoms with Crippen LogP contribution in [0.15, 0.2) is 127 Å². The summed E-state index contributed by atoms with van der Waals surface area (Å²) in [6, 6.07) is 28.8. The summed E-state index contributed by atoms with van der Waals surface area (Å²) in [6.07, 6.45) is -4.33. The van der Waals surface area contributed by atoms with Crippen LogP contribution in [0.2, 0.25) is 0 Å². The summed E-state index contributed by atoms with van der Waals surface area (Å²) in [5, 5.41) is 22.3. The maximum absolute atomic E-state index is 14.9. The topological polar surface area (TPSA) is 249 Å². The Hall–Kier alpha value is -9.61. The molecule has 0 saturated carbocycles.